The van der Waals surface area contributed by atoms with Crippen LogP contribution in [0.5, 0.6) is 0 Å². The number of carbonyl (C=O) groups excluding carboxylic acids is 1. The lowest BCUT2D eigenvalue weighted by atomic mass is 10.1. The van der Waals surface area contributed by atoms with Gasteiger partial charge in [0.05, 0.1) is 11.1 Å². The summed E-state index contributed by atoms with van der Waals surface area (Å²) >= 11 is 0. The standard InChI is InChI=1S/C17H18N4O3S/c1-10-11(2)20-15-14(10)16(19-9-18-15)21-17(22)13-6-4-5-12(7-13)8-25(3,23)24/h4-7,9H,8H2,1-3H3,(H2,18,19,20,21,22). The largest absolute Gasteiger partial charge is 0.343 e. The summed E-state index contributed by atoms with van der Waals surface area (Å²) in [6.45, 7) is 3.86. The normalized spacial score (nSPS) is 11.6. The first-order chi connectivity index (χ1) is 11.7. The van der Waals surface area contributed by atoms with Crippen molar-refractivity contribution in [2.45, 2.75) is 19.6 Å². The van der Waals surface area contributed by atoms with Gasteiger partial charge in [-0.15, -0.1) is 0 Å². The van der Waals surface area contributed by atoms with E-state index in [4.69, 9.17) is 0 Å². The van der Waals surface area contributed by atoms with Gasteiger partial charge in [-0.2, -0.15) is 0 Å². The van der Waals surface area contributed by atoms with Gasteiger partial charge in [0.15, 0.2) is 9.84 Å². The summed E-state index contributed by atoms with van der Waals surface area (Å²) < 4.78 is 22.9. The van der Waals surface area contributed by atoms with Crippen molar-refractivity contribution in [1.82, 2.24) is 15.0 Å². The number of nitrogens with one attached hydrogen (secondary N) is 2. The molecule has 0 fully saturated rings. The van der Waals surface area contributed by atoms with Gasteiger partial charge in [-0.25, -0.2) is 18.4 Å². The Kier molecular flexibility index (Phi) is 4.30. The lowest BCUT2D eigenvalue weighted by molar-refractivity contribution is 0.102. The maximum atomic E-state index is 12.6. The fraction of sp³-hybridized carbons (Fsp3) is 0.235. The van der Waals surface area contributed by atoms with Gasteiger partial charge in [-0.05, 0) is 37.1 Å². The minimum atomic E-state index is -3.17. The van der Waals surface area contributed by atoms with Crippen molar-refractivity contribution in [1.29, 1.82) is 0 Å². The molecule has 25 heavy (non-hydrogen) atoms. The Morgan fingerprint density at radius 2 is 2.00 bits per heavy atom. The van der Waals surface area contributed by atoms with Gasteiger partial charge < -0.3 is 10.3 Å². The van der Waals surface area contributed by atoms with Crippen LogP contribution >= 0.6 is 0 Å². The van der Waals surface area contributed by atoms with Gasteiger partial charge in [0, 0.05) is 17.5 Å². The molecule has 2 heterocycles. The Hall–Kier alpha value is -2.74. The number of fused-ring (bicyclic) bond motifs is 1. The van der Waals surface area contributed by atoms with Crippen molar-refractivity contribution in [3.63, 3.8) is 0 Å². The monoisotopic (exact) mass is 358 g/mol. The molecule has 0 atom stereocenters. The Bertz CT molecular complexity index is 1070. The van der Waals surface area contributed by atoms with Gasteiger partial charge in [-0.1, -0.05) is 12.1 Å². The van der Waals surface area contributed by atoms with Gasteiger partial charge in [0.2, 0.25) is 0 Å². The molecule has 1 amide bonds. The van der Waals surface area contributed by atoms with Crippen LogP contribution in [0.1, 0.15) is 27.2 Å². The third-order valence-electron chi connectivity index (χ3n) is 3.94. The van der Waals surface area contributed by atoms with E-state index in [-0.39, 0.29) is 11.7 Å². The molecular formula is C17H18N4O3S. The number of hydrogen-bond donors (Lipinski definition) is 2. The molecule has 7 nitrogen and oxygen atoms in total. The Morgan fingerprint density at radius 3 is 2.72 bits per heavy atom. The minimum Gasteiger partial charge on any atom is -0.343 e. The van der Waals surface area contributed by atoms with Crippen LogP contribution in [-0.4, -0.2) is 35.5 Å². The summed E-state index contributed by atoms with van der Waals surface area (Å²) in [5.41, 5.74) is 3.53. The van der Waals surface area contributed by atoms with E-state index in [1.807, 2.05) is 13.8 Å². The summed E-state index contributed by atoms with van der Waals surface area (Å²) in [5, 5.41) is 3.55. The van der Waals surface area contributed by atoms with Crippen LogP contribution in [0.3, 0.4) is 0 Å². The second-order valence-corrected chi connectivity index (χ2v) is 8.19. The molecule has 0 spiro atoms. The third-order valence-corrected chi connectivity index (χ3v) is 4.80. The van der Waals surface area contributed by atoms with Crippen LogP contribution in [0, 0.1) is 13.8 Å². The van der Waals surface area contributed by atoms with Crippen molar-refractivity contribution in [3.05, 3.63) is 53.0 Å². The maximum absolute atomic E-state index is 12.6. The molecule has 3 aromatic rings. The molecule has 0 aliphatic heterocycles. The average Bonchev–Trinajstić information content (AvgIpc) is 2.81. The number of aromatic nitrogens is 3. The number of amides is 1. The number of anilines is 1. The number of hydrogen-bond acceptors (Lipinski definition) is 5. The first kappa shape index (κ1) is 17.1. The first-order valence-corrected chi connectivity index (χ1v) is 9.68. The second-order valence-electron chi connectivity index (χ2n) is 6.05. The molecule has 0 radical (unpaired) electrons. The van der Waals surface area contributed by atoms with Crippen molar-refractivity contribution in [2.75, 3.05) is 11.6 Å². The molecule has 1 aromatic carbocycles. The van der Waals surface area contributed by atoms with Gasteiger partial charge in [0.1, 0.15) is 17.8 Å². The zero-order chi connectivity index (χ0) is 18.2. The number of aryl methyl sites for hydroxylation is 2. The van der Waals surface area contributed by atoms with E-state index in [0.29, 0.717) is 22.6 Å². The summed E-state index contributed by atoms with van der Waals surface area (Å²) in [5.74, 6) is -0.0407. The molecule has 3 rings (SSSR count). The molecule has 0 aliphatic carbocycles. The van der Waals surface area contributed by atoms with E-state index >= 15 is 0 Å². The van der Waals surface area contributed by atoms with Gasteiger partial charge >= 0.3 is 0 Å². The fourth-order valence-corrected chi connectivity index (χ4v) is 3.46. The van der Waals surface area contributed by atoms with E-state index in [9.17, 15) is 13.2 Å². The number of carbonyl (C=O) groups is 1. The zero-order valence-corrected chi connectivity index (χ0v) is 14.9. The van der Waals surface area contributed by atoms with Crippen LogP contribution < -0.4 is 5.32 Å². The van der Waals surface area contributed by atoms with E-state index in [1.165, 1.54) is 6.33 Å². The molecule has 0 unspecified atom stereocenters. The predicted molar refractivity (Wildman–Crippen MR) is 96.3 cm³/mol. The highest BCUT2D eigenvalue weighted by Gasteiger charge is 2.15. The summed E-state index contributed by atoms with van der Waals surface area (Å²) in [6.07, 6.45) is 2.54. The molecule has 2 aromatic heterocycles. The van der Waals surface area contributed by atoms with E-state index in [2.05, 4.69) is 20.3 Å². The van der Waals surface area contributed by atoms with Crippen LogP contribution in [-0.2, 0) is 15.6 Å². The molecule has 0 bridgehead atoms. The topological polar surface area (TPSA) is 105 Å². The molecular weight excluding hydrogens is 340 g/mol. The highest BCUT2D eigenvalue weighted by Crippen LogP contribution is 2.25. The lowest BCUT2D eigenvalue weighted by Crippen LogP contribution is -2.14. The number of aromatic amines is 1. The van der Waals surface area contributed by atoms with Crippen molar-refractivity contribution in [3.8, 4) is 0 Å². The Morgan fingerprint density at radius 1 is 1.24 bits per heavy atom. The van der Waals surface area contributed by atoms with Crippen LogP contribution in [0.2, 0.25) is 0 Å². The van der Waals surface area contributed by atoms with E-state index in [1.54, 1.807) is 24.3 Å². The number of rotatable bonds is 4. The Labute approximate surface area is 145 Å². The van der Waals surface area contributed by atoms with Crippen molar-refractivity contribution >= 4 is 32.6 Å². The van der Waals surface area contributed by atoms with Gasteiger partial charge in [0.25, 0.3) is 5.91 Å². The van der Waals surface area contributed by atoms with Crippen LogP contribution in [0.15, 0.2) is 30.6 Å². The first-order valence-electron chi connectivity index (χ1n) is 7.62. The third kappa shape index (κ3) is 3.69. The summed E-state index contributed by atoms with van der Waals surface area (Å²) in [6, 6.07) is 6.55. The number of H-pyrrole nitrogens is 1. The molecule has 0 aliphatic rings. The SMILES string of the molecule is Cc1[nH]c2ncnc(NC(=O)c3cccc(CS(C)(=O)=O)c3)c2c1C. The number of nitrogens with zero attached hydrogens (tertiary/aromatic N) is 2. The number of benzene rings is 1. The smallest absolute Gasteiger partial charge is 0.256 e. The summed E-state index contributed by atoms with van der Waals surface area (Å²) in [7, 11) is -3.17. The molecule has 2 N–H and O–H groups in total. The predicted octanol–water partition coefficient (Wildman–Crippen LogP) is 2.37. The molecule has 130 valence electrons. The summed E-state index contributed by atoms with van der Waals surface area (Å²) in [4.78, 5) is 24.1. The quantitative estimate of drug-likeness (QED) is 0.745. The lowest BCUT2D eigenvalue weighted by Gasteiger charge is -2.07. The zero-order valence-electron chi connectivity index (χ0n) is 14.1. The molecule has 0 saturated carbocycles. The molecule has 8 heteroatoms. The minimum absolute atomic E-state index is 0.109. The fourth-order valence-electron chi connectivity index (χ4n) is 2.67. The van der Waals surface area contributed by atoms with E-state index < -0.39 is 9.84 Å². The Balaban J connectivity index is 1.92. The highest BCUT2D eigenvalue weighted by atomic mass is 32.2. The number of sulfone groups is 1. The second kappa shape index (κ2) is 6.29. The molecule has 0 saturated heterocycles. The van der Waals surface area contributed by atoms with Crippen LogP contribution in [0.4, 0.5) is 5.82 Å². The van der Waals surface area contributed by atoms with Crippen molar-refractivity contribution < 1.29 is 13.2 Å². The maximum Gasteiger partial charge on any atom is 0.256 e. The van der Waals surface area contributed by atoms with Crippen LogP contribution in [0.25, 0.3) is 11.0 Å². The van der Waals surface area contributed by atoms with E-state index in [0.717, 1.165) is 22.9 Å². The van der Waals surface area contributed by atoms with Gasteiger partial charge in [-0.3, -0.25) is 4.79 Å². The highest BCUT2D eigenvalue weighted by molar-refractivity contribution is 7.89. The average molecular weight is 358 g/mol. The van der Waals surface area contributed by atoms with Crippen molar-refractivity contribution in [2.24, 2.45) is 0 Å².